The number of ketones is 1. The van der Waals surface area contributed by atoms with E-state index in [1.807, 2.05) is 19.0 Å². The van der Waals surface area contributed by atoms with E-state index < -0.39 is 23.5 Å². The average Bonchev–Trinajstić information content (AvgIpc) is 3.32. The maximum atomic E-state index is 13.6. The molecule has 0 aliphatic carbocycles. The zero-order chi connectivity index (χ0) is 24.6. The summed E-state index contributed by atoms with van der Waals surface area (Å²) < 4.78 is 11.2. The number of furan rings is 1. The largest absolute Gasteiger partial charge is 0.504 e. The number of phenols is 1. The lowest BCUT2D eigenvalue weighted by atomic mass is 9.94. The van der Waals surface area contributed by atoms with Gasteiger partial charge in [0.25, 0.3) is 5.91 Å². The summed E-state index contributed by atoms with van der Waals surface area (Å²) in [5.41, 5.74) is 0.878. The monoisotopic (exact) mass is 484 g/mol. The molecule has 0 spiro atoms. The summed E-state index contributed by atoms with van der Waals surface area (Å²) in [6, 6.07) is 10.2. The van der Waals surface area contributed by atoms with Crippen LogP contribution in [0.4, 0.5) is 0 Å². The van der Waals surface area contributed by atoms with Gasteiger partial charge in [0.15, 0.2) is 23.0 Å². The predicted molar refractivity (Wildman–Crippen MR) is 127 cm³/mol. The molecule has 1 amide bonds. The lowest BCUT2D eigenvalue weighted by Gasteiger charge is -2.28. The van der Waals surface area contributed by atoms with E-state index in [4.69, 9.17) is 20.8 Å². The molecule has 9 heteroatoms. The number of carbonyl (C=O) groups excluding carboxylic acids is 2. The Hall–Kier alpha value is -3.49. The summed E-state index contributed by atoms with van der Waals surface area (Å²) in [6.45, 7) is 2.87. The molecule has 2 heterocycles. The molecule has 3 aromatic rings. The van der Waals surface area contributed by atoms with Gasteiger partial charge in [-0.1, -0.05) is 17.7 Å². The SMILES string of the molecule is CCOc1cc(C2C(C(=O)c3cc4cc(Cl)ccc4o3)=C(O)C(=O)N2CCN(C)C)ccc1O. The number of nitrogens with zero attached hydrogens (tertiary/aromatic N) is 2. The van der Waals surface area contributed by atoms with E-state index >= 15 is 0 Å². The van der Waals surface area contributed by atoms with Crippen LogP contribution in [0.25, 0.3) is 11.0 Å². The minimum Gasteiger partial charge on any atom is -0.504 e. The van der Waals surface area contributed by atoms with Crippen molar-refractivity contribution in [2.24, 2.45) is 0 Å². The molecule has 2 N–H and O–H groups in total. The van der Waals surface area contributed by atoms with E-state index in [1.54, 1.807) is 37.3 Å². The first-order valence-electron chi connectivity index (χ1n) is 10.8. The van der Waals surface area contributed by atoms with Crippen molar-refractivity contribution in [3.05, 3.63) is 70.1 Å². The summed E-state index contributed by atoms with van der Waals surface area (Å²) in [5.74, 6) is -1.75. The van der Waals surface area contributed by atoms with Crippen molar-refractivity contribution in [2.45, 2.75) is 13.0 Å². The van der Waals surface area contributed by atoms with Gasteiger partial charge in [-0.3, -0.25) is 9.59 Å². The Kier molecular flexibility index (Phi) is 6.54. The van der Waals surface area contributed by atoms with Gasteiger partial charge in [0.2, 0.25) is 5.78 Å². The third-order valence-electron chi connectivity index (χ3n) is 5.64. The number of phenolic OH excluding ortho intramolecular Hbond substituents is 1. The fourth-order valence-corrected chi connectivity index (χ4v) is 4.18. The molecule has 1 aromatic heterocycles. The van der Waals surface area contributed by atoms with E-state index in [2.05, 4.69) is 0 Å². The van der Waals surface area contributed by atoms with Crippen LogP contribution in [-0.2, 0) is 4.79 Å². The summed E-state index contributed by atoms with van der Waals surface area (Å²) in [4.78, 5) is 30.0. The third-order valence-corrected chi connectivity index (χ3v) is 5.87. The molecule has 1 unspecified atom stereocenters. The number of hydrogen-bond donors (Lipinski definition) is 2. The van der Waals surface area contributed by atoms with Crippen molar-refractivity contribution in [2.75, 3.05) is 33.8 Å². The fourth-order valence-electron chi connectivity index (χ4n) is 4.00. The first-order chi connectivity index (χ1) is 16.2. The second-order valence-electron chi connectivity index (χ2n) is 8.25. The number of halogens is 1. The van der Waals surface area contributed by atoms with Gasteiger partial charge < -0.3 is 29.2 Å². The number of aromatic hydroxyl groups is 1. The van der Waals surface area contributed by atoms with Crippen LogP contribution in [0.2, 0.25) is 5.02 Å². The summed E-state index contributed by atoms with van der Waals surface area (Å²) in [7, 11) is 3.73. The van der Waals surface area contributed by atoms with Crippen LogP contribution in [0.15, 0.2) is 58.2 Å². The van der Waals surface area contributed by atoms with Gasteiger partial charge in [0.05, 0.1) is 18.2 Å². The third kappa shape index (κ3) is 4.34. The lowest BCUT2D eigenvalue weighted by Crippen LogP contribution is -2.36. The van der Waals surface area contributed by atoms with Crippen LogP contribution in [0.3, 0.4) is 0 Å². The molecular weight excluding hydrogens is 460 g/mol. The molecule has 8 nitrogen and oxygen atoms in total. The van der Waals surface area contributed by atoms with Crippen LogP contribution >= 0.6 is 11.6 Å². The van der Waals surface area contributed by atoms with Gasteiger partial charge in [-0.05, 0) is 63.0 Å². The minimum atomic E-state index is -0.892. The standard InChI is InChI=1S/C25H25ClN2O6/c1-4-33-19-12-14(5-7-17(19)29)22-21(24(31)25(32)28(22)10-9-27(2)3)23(30)20-13-15-11-16(26)6-8-18(15)34-20/h5-8,11-13,22,29,31H,4,9-10H2,1-3H3. The van der Waals surface area contributed by atoms with Crippen molar-refractivity contribution >= 4 is 34.3 Å². The maximum Gasteiger partial charge on any atom is 0.290 e. The Morgan fingerprint density at radius 3 is 2.65 bits per heavy atom. The van der Waals surface area contributed by atoms with E-state index in [1.165, 1.54) is 17.0 Å². The number of carbonyl (C=O) groups is 2. The van der Waals surface area contributed by atoms with Crippen molar-refractivity contribution in [1.82, 2.24) is 9.80 Å². The van der Waals surface area contributed by atoms with Gasteiger partial charge in [-0.2, -0.15) is 0 Å². The summed E-state index contributed by atoms with van der Waals surface area (Å²) in [6.07, 6.45) is 0. The molecule has 178 valence electrons. The minimum absolute atomic E-state index is 0.0186. The van der Waals surface area contributed by atoms with Gasteiger partial charge in [-0.15, -0.1) is 0 Å². The molecule has 34 heavy (non-hydrogen) atoms. The number of aliphatic hydroxyl groups is 1. The Morgan fingerprint density at radius 1 is 1.18 bits per heavy atom. The quantitative estimate of drug-likeness (QED) is 0.458. The van der Waals surface area contributed by atoms with Crippen LogP contribution < -0.4 is 4.74 Å². The first kappa shape index (κ1) is 23.7. The number of likely N-dealkylation sites (N-methyl/N-ethyl adjacent to an activating group) is 1. The number of fused-ring (bicyclic) bond motifs is 1. The Morgan fingerprint density at radius 2 is 1.94 bits per heavy atom. The Bertz CT molecular complexity index is 1300. The number of ether oxygens (including phenoxy) is 1. The van der Waals surface area contributed by atoms with Gasteiger partial charge in [0, 0.05) is 23.5 Å². The lowest BCUT2D eigenvalue weighted by molar-refractivity contribution is -0.129. The molecule has 1 aliphatic heterocycles. The highest BCUT2D eigenvalue weighted by atomic mass is 35.5. The summed E-state index contributed by atoms with van der Waals surface area (Å²) >= 11 is 6.05. The Labute approximate surface area is 201 Å². The second-order valence-corrected chi connectivity index (χ2v) is 8.69. The highest BCUT2D eigenvalue weighted by Gasteiger charge is 2.44. The normalized spacial score (nSPS) is 16.2. The smallest absolute Gasteiger partial charge is 0.290 e. The molecule has 0 saturated carbocycles. The molecule has 1 atom stereocenters. The molecule has 4 rings (SSSR count). The topological polar surface area (TPSA) is 103 Å². The number of hydrogen-bond acceptors (Lipinski definition) is 7. The second kappa shape index (κ2) is 9.40. The number of Topliss-reactive ketones (excluding diaryl/α,β-unsaturated/α-hetero) is 1. The highest BCUT2D eigenvalue weighted by Crippen LogP contribution is 2.42. The molecule has 0 radical (unpaired) electrons. The van der Waals surface area contributed by atoms with Crippen LogP contribution in [0.5, 0.6) is 11.5 Å². The van der Waals surface area contributed by atoms with Crippen LogP contribution in [0, 0.1) is 0 Å². The molecule has 2 aromatic carbocycles. The molecule has 1 aliphatic rings. The zero-order valence-electron chi connectivity index (χ0n) is 19.0. The van der Waals surface area contributed by atoms with Crippen LogP contribution in [-0.4, -0.2) is 65.5 Å². The van der Waals surface area contributed by atoms with E-state index in [0.29, 0.717) is 34.7 Å². The van der Waals surface area contributed by atoms with Gasteiger partial charge in [0.1, 0.15) is 5.58 Å². The van der Waals surface area contributed by atoms with Gasteiger partial charge in [-0.25, -0.2) is 0 Å². The average molecular weight is 485 g/mol. The van der Waals surface area contributed by atoms with E-state index in [-0.39, 0.29) is 29.4 Å². The number of benzene rings is 2. The summed E-state index contributed by atoms with van der Waals surface area (Å²) in [5, 5.41) is 22.1. The van der Waals surface area contributed by atoms with E-state index in [9.17, 15) is 19.8 Å². The fraction of sp³-hybridized carbons (Fsp3) is 0.280. The van der Waals surface area contributed by atoms with Crippen molar-refractivity contribution in [3.63, 3.8) is 0 Å². The maximum absolute atomic E-state index is 13.6. The molecule has 0 fully saturated rings. The molecular formula is C25H25ClN2O6. The zero-order valence-corrected chi connectivity index (χ0v) is 19.8. The number of amides is 1. The molecule has 0 saturated heterocycles. The van der Waals surface area contributed by atoms with Crippen molar-refractivity contribution in [3.8, 4) is 11.5 Å². The number of rotatable bonds is 8. The Balaban J connectivity index is 1.81. The number of aliphatic hydroxyl groups excluding tert-OH is 1. The predicted octanol–water partition coefficient (Wildman–Crippen LogP) is 4.33. The first-order valence-corrected chi connectivity index (χ1v) is 11.2. The van der Waals surface area contributed by atoms with Crippen molar-refractivity contribution < 1.29 is 29.0 Å². The van der Waals surface area contributed by atoms with Gasteiger partial charge >= 0.3 is 0 Å². The van der Waals surface area contributed by atoms with Crippen LogP contribution in [0.1, 0.15) is 29.1 Å². The van der Waals surface area contributed by atoms with E-state index in [0.717, 1.165) is 0 Å². The molecule has 0 bridgehead atoms. The highest BCUT2D eigenvalue weighted by molar-refractivity contribution is 6.31. The van der Waals surface area contributed by atoms with Crippen molar-refractivity contribution in [1.29, 1.82) is 0 Å².